The summed E-state index contributed by atoms with van der Waals surface area (Å²) in [6.45, 7) is 4.41. The van der Waals surface area contributed by atoms with Crippen LogP contribution in [0.15, 0.2) is 36.4 Å². The van der Waals surface area contributed by atoms with Gasteiger partial charge in [0, 0.05) is 41.5 Å². The zero-order valence-corrected chi connectivity index (χ0v) is 16.7. The lowest BCUT2D eigenvalue weighted by Gasteiger charge is -2.16. The minimum absolute atomic E-state index is 0.0952. The van der Waals surface area contributed by atoms with E-state index in [1.54, 1.807) is 23.1 Å². The van der Waals surface area contributed by atoms with E-state index < -0.39 is 0 Å². The van der Waals surface area contributed by atoms with Gasteiger partial charge in [-0.1, -0.05) is 13.0 Å². The zero-order chi connectivity index (χ0) is 20.5. The first-order chi connectivity index (χ1) is 14.0. The Labute approximate surface area is 170 Å². The van der Waals surface area contributed by atoms with Crippen molar-refractivity contribution in [1.29, 1.82) is 0 Å². The number of hydrogen-bond donors (Lipinski definition) is 2. The molecular formula is C23H25N3O3. The predicted octanol–water partition coefficient (Wildman–Crippen LogP) is 3.44. The highest BCUT2D eigenvalue weighted by Gasteiger charge is 2.25. The molecule has 1 aliphatic carbocycles. The number of amides is 3. The van der Waals surface area contributed by atoms with Crippen LogP contribution in [0, 0.1) is 6.92 Å². The molecule has 0 bridgehead atoms. The highest BCUT2D eigenvalue weighted by Crippen LogP contribution is 2.30. The molecule has 29 heavy (non-hydrogen) atoms. The second-order valence-electron chi connectivity index (χ2n) is 7.72. The Morgan fingerprint density at radius 3 is 2.48 bits per heavy atom. The van der Waals surface area contributed by atoms with Crippen LogP contribution in [0.1, 0.15) is 58.0 Å². The average Bonchev–Trinajstić information content (AvgIpc) is 3.43. The molecule has 0 aromatic heterocycles. The molecular weight excluding hydrogens is 366 g/mol. The van der Waals surface area contributed by atoms with Gasteiger partial charge in [0.1, 0.15) is 0 Å². The van der Waals surface area contributed by atoms with E-state index in [1.165, 1.54) is 0 Å². The van der Waals surface area contributed by atoms with Crippen molar-refractivity contribution >= 4 is 29.1 Å². The molecule has 1 aliphatic heterocycles. The van der Waals surface area contributed by atoms with Gasteiger partial charge in [-0.2, -0.15) is 0 Å². The molecule has 0 radical (unpaired) electrons. The molecule has 3 amide bonds. The molecule has 0 unspecified atom stereocenters. The van der Waals surface area contributed by atoms with Crippen LogP contribution >= 0.6 is 0 Å². The van der Waals surface area contributed by atoms with Crippen molar-refractivity contribution in [3.05, 3.63) is 58.7 Å². The number of carbonyl (C=O) groups excluding carboxylic acids is 3. The van der Waals surface area contributed by atoms with Crippen LogP contribution in [0.4, 0.5) is 11.4 Å². The fourth-order valence-corrected chi connectivity index (χ4v) is 3.58. The number of carbonyl (C=O) groups is 3. The first-order valence-corrected chi connectivity index (χ1v) is 10.1. The van der Waals surface area contributed by atoms with E-state index >= 15 is 0 Å². The van der Waals surface area contributed by atoms with E-state index in [2.05, 4.69) is 10.6 Å². The second-order valence-corrected chi connectivity index (χ2v) is 7.72. The molecule has 2 aliphatic rings. The Morgan fingerprint density at radius 2 is 1.76 bits per heavy atom. The largest absolute Gasteiger partial charge is 0.349 e. The molecule has 6 heteroatoms. The molecule has 0 atom stereocenters. The summed E-state index contributed by atoms with van der Waals surface area (Å²) in [5, 5.41) is 5.89. The minimum Gasteiger partial charge on any atom is -0.349 e. The molecule has 1 fully saturated rings. The molecule has 4 rings (SSSR count). The van der Waals surface area contributed by atoms with Crippen LogP contribution in [0.25, 0.3) is 0 Å². The highest BCUT2D eigenvalue weighted by atomic mass is 16.2. The lowest BCUT2D eigenvalue weighted by molar-refractivity contribution is -0.118. The summed E-state index contributed by atoms with van der Waals surface area (Å²) < 4.78 is 0. The third kappa shape index (κ3) is 4.01. The summed E-state index contributed by atoms with van der Waals surface area (Å²) in [4.78, 5) is 38.9. The van der Waals surface area contributed by atoms with Crippen LogP contribution in [0.3, 0.4) is 0 Å². The van der Waals surface area contributed by atoms with Gasteiger partial charge in [-0.05, 0) is 67.6 Å². The Morgan fingerprint density at radius 1 is 1.03 bits per heavy atom. The van der Waals surface area contributed by atoms with Crippen molar-refractivity contribution in [1.82, 2.24) is 5.32 Å². The van der Waals surface area contributed by atoms with Crippen LogP contribution in [-0.4, -0.2) is 30.3 Å². The maximum absolute atomic E-state index is 12.8. The number of aryl methyl sites for hydroxylation is 1. The fraction of sp³-hybridized carbons (Fsp3) is 0.348. The maximum Gasteiger partial charge on any atom is 0.255 e. The van der Waals surface area contributed by atoms with E-state index in [1.807, 2.05) is 32.0 Å². The minimum atomic E-state index is -0.226. The van der Waals surface area contributed by atoms with Gasteiger partial charge in [0.15, 0.2) is 0 Å². The summed E-state index contributed by atoms with van der Waals surface area (Å²) in [5.41, 5.74) is 4.50. The van der Waals surface area contributed by atoms with E-state index in [9.17, 15) is 14.4 Å². The summed E-state index contributed by atoms with van der Waals surface area (Å²) in [5.74, 6) is -0.241. The molecule has 2 aromatic rings. The van der Waals surface area contributed by atoms with Gasteiger partial charge in [0.25, 0.3) is 11.8 Å². The van der Waals surface area contributed by atoms with E-state index in [4.69, 9.17) is 0 Å². The van der Waals surface area contributed by atoms with Crippen LogP contribution < -0.4 is 15.5 Å². The monoisotopic (exact) mass is 391 g/mol. The Hall–Kier alpha value is -3.15. The summed E-state index contributed by atoms with van der Waals surface area (Å²) in [6, 6.07) is 11.1. The first kappa shape index (κ1) is 19.2. The quantitative estimate of drug-likeness (QED) is 0.820. The van der Waals surface area contributed by atoms with Crippen LogP contribution in [0.5, 0.6) is 0 Å². The first-order valence-electron chi connectivity index (χ1n) is 10.1. The molecule has 150 valence electrons. The predicted molar refractivity (Wildman–Crippen MR) is 112 cm³/mol. The summed E-state index contributed by atoms with van der Waals surface area (Å²) in [6.07, 6.45) is 3.27. The third-order valence-electron chi connectivity index (χ3n) is 5.50. The Bertz CT molecular complexity index is 995. The Kier molecular flexibility index (Phi) is 5.09. The van der Waals surface area contributed by atoms with Crippen molar-refractivity contribution < 1.29 is 14.4 Å². The van der Waals surface area contributed by atoms with Crippen molar-refractivity contribution in [2.45, 2.75) is 45.6 Å². The molecule has 2 aromatic carbocycles. The molecule has 2 N–H and O–H groups in total. The van der Waals surface area contributed by atoms with Crippen molar-refractivity contribution in [3.8, 4) is 0 Å². The van der Waals surface area contributed by atoms with Crippen LogP contribution in [0.2, 0.25) is 0 Å². The number of hydrogen-bond acceptors (Lipinski definition) is 3. The molecule has 6 nitrogen and oxygen atoms in total. The standard InChI is InChI=1S/C23H25N3O3/c1-3-21(27)26-11-10-15-12-16(6-9-20(15)26)23(29)25-19-13-17(5-4-14(19)2)22(28)24-18-7-8-18/h4-6,9,12-13,18H,3,7-8,10-11H2,1-2H3,(H,24,28)(H,25,29). The SMILES string of the molecule is CCC(=O)N1CCc2cc(C(=O)Nc3cc(C(=O)NC4CC4)ccc3C)ccc21. The van der Waals surface area contributed by atoms with Gasteiger partial charge in [0.2, 0.25) is 5.91 Å². The van der Waals surface area contributed by atoms with Gasteiger partial charge in [-0.3, -0.25) is 14.4 Å². The normalized spacial score (nSPS) is 15.0. The number of nitrogens with zero attached hydrogens (tertiary/aromatic N) is 1. The van der Waals surface area contributed by atoms with Gasteiger partial charge in [-0.15, -0.1) is 0 Å². The molecule has 0 spiro atoms. The summed E-state index contributed by atoms with van der Waals surface area (Å²) in [7, 11) is 0. The molecule has 1 saturated carbocycles. The maximum atomic E-state index is 12.8. The van der Waals surface area contributed by atoms with E-state index in [-0.39, 0.29) is 23.8 Å². The van der Waals surface area contributed by atoms with E-state index in [0.29, 0.717) is 29.8 Å². The molecule has 1 heterocycles. The summed E-state index contributed by atoms with van der Waals surface area (Å²) >= 11 is 0. The van der Waals surface area contributed by atoms with E-state index in [0.717, 1.165) is 36.1 Å². The van der Waals surface area contributed by atoms with Gasteiger partial charge < -0.3 is 15.5 Å². The lowest BCUT2D eigenvalue weighted by Crippen LogP contribution is -2.27. The molecule has 0 saturated heterocycles. The van der Waals surface area contributed by atoms with Gasteiger partial charge in [0.05, 0.1) is 0 Å². The van der Waals surface area contributed by atoms with Crippen molar-refractivity contribution in [2.75, 3.05) is 16.8 Å². The average molecular weight is 391 g/mol. The number of fused-ring (bicyclic) bond motifs is 1. The number of nitrogens with one attached hydrogen (secondary N) is 2. The highest BCUT2D eigenvalue weighted by molar-refractivity contribution is 6.06. The zero-order valence-electron chi connectivity index (χ0n) is 16.7. The van der Waals surface area contributed by atoms with Crippen molar-refractivity contribution in [3.63, 3.8) is 0 Å². The second kappa shape index (κ2) is 7.70. The number of anilines is 2. The number of rotatable bonds is 5. The number of benzene rings is 2. The smallest absolute Gasteiger partial charge is 0.255 e. The van der Waals surface area contributed by atoms with Gasteiger partial charge >= 0.3 is 0 Å². The van der Waals surface area contributed by atoms with Gasteiger partial charge in [-0.25, -0.2) is 0 Å². The van der Waals surface area contributed by atoms with Crippen LogP contribution in [-0.2, 0) is 11.2 Å². The topological polar surface area (TPSA) is 78.5 Å². The lowest BCUT2D eigenvalue weighted by atomic mass is 10.1. The Balaban J connectivity index is 1.51. The third-order valence-corrected chi connectivity index (χ3v) is 5.50. The van der Waals surface area contributed by atoms with Crippen molar-refractivity contribution in [2.24, 2.45) is 0 Å². The fourth-order valence-electron chi connectivity index (χ4n) is 3.58.